The highest BCUT2D eigenvalue weighted by molar-refractivity contribution is 8.13. The summed E-state index contributed by atoms with van der Waals surface area (Å²) < 4.78 is 0. The largest absolute Gasteiger partial charge is 0.325 e. The molecule has 0 aromatic heterocycles. The van der Waals surface area contributed by atoms with Crippen LogP contribution < -0.4 is 10.8 Å². The van der Waals surface area contributed by atoms with E-state index < -0.39 is 0 Å². The maximum atomic E-state index is 5.74. The van der Waals surface area contributed by atoms with Crippen molar-refractivity contribution < 1.29 is 5.10 Å². The molecule has 0 heterocycles. The molecule has 0 aromatic rings. The molecule has 0 atom stereocenters. The zero-order valence-corrected chi connectivity index (χ0v) is 9.08. The van der Waals surface area contributed by atoms with E-state index in [1.807, 2.05) is 0 Å². The third kappa shape index (κ3) is 5.29. The highest BCUT2D eigenvalue weighted by Gasteiger charge is 2.01. The Morgan fingerprint density at radius 3 is 2.33 bits per heavy atom. The Balaban J connectivity index is 3.77. The van der Waals surface area contributed by atoms with E-state index in [0.29, 0.717) is 0 Å². The quantitative estimate of drug-likeness (QED) is 0.358. The molecule has 0 unspecified atom stereocenters. The van der Waals surface area contributed by atoms with Crippen molar-refractivity contribution in [2.75, 3.05) is 18.8 Å². The van der Waals surface area contributed by atoms with Crippen molar-refractivity contribution in [2.24, 2.45) is 5.73 Å². The molecule has 12 heavy (non-hydrogen) atoms. The molecule has 3 nitrogen and oxygen atoms in total. The molecule has 4 heteroatoms. The minimum absolute atomic E-state index is 0.806. The number of thioether (sulfide) groups is 1. The first-order valence-corrected chi connectivity index (χ1v) is 5.49. The smallest absolute Gasteiger partial charge is 0.280 e. The van der Waals surface area contributed by atoms with Crippen LogP contribution in [0.5, 0.6) is 0 Å². The molecule has 3 N–H and O–H groups in total. The summed E-state index contributed by atoms with van der Waals surface area (Å²) in [5.74, 6) is 1.08. The van der Waals surface area contributed by atoms with Crippen LogP contribution in [0.15, 0.2) is 0 Å². The molecule has 0 fully saturated rings. The monoisotopic (exact) mass is 190 g/mol. The molecule has 0 spiro atoms. The second kappa shape index (κ2) is 7.28. The van der Waals surface area contributed by atoms with Crippen LogP contribution in [0, 0.1) is 0 Å². The lowest BCUT2D eigenvalue weighted by Crippen LogP contribution is -2.85. The van der Waals surface area contributed by atoms with Gasteiger partial charge in [-0.2, -0.15) is 5.10 Å². The predicted molar refractivity (Wildman–Crippen MR) is 55.8 cm³/mol. The van der Waals surface area contributed by atoms with Crippen LogP contribution >= 0.6 is 11.8 Å². The highest BCUT2D eigenvalue weighted by Crippen LogP contribution is 1.96. The molecule has 0 radical (unpaired) electrons. The van der Waals surface area contributed by atoms with E-state index >= 15 is 0 Å². The van der Waals surface area contributed by atoms with E-state index in [1.165, 1.54) is 0 Å². The normalized spacial score (nSPS) is 11.8. The topological polar surface area (TPSA) is 43.2 Å². The number of hydrazone groups is 1. The van der Waals surface area contributed by atoms with E-state index in [9.17, 15) is 0 Å². The first-order valence-electron chi connectivity index (χ1n) is 4.51. The third-order valence-corrected chi connectivity index (χ3v) is 2.51. The van der Waals surface area contributed by atoms with E-state index in [4.69, 9.17) is 5.73 Å². The fourth-order valence-corrected chi connectivity index (χ4v) is 1.40. The average Bonchev–Trinajstić information content (AvgIpc) is 2.10. The van der Waals surface area contributed by atoms with Gasteiger partial charge in [0.25, 0.3) is 0 Å². The molecule has 0 aliphatic rings. The lowest BCUT2D eigenvalue weighted by atomic mass is 10.6. The van der Waals surface area contributed by atoms with Gasteiger partial charge in [-0.25, -0.2) is 0 Å². The molecular weight excluding hydrogens is 170 g/mol. The molecule has 0 aromatic carbocycles. The fourth-order valence-electron chi connectivity index (χ4n) is 0.782. The van der Waals surface area contributed by atoms with Gasteiger partial charge in [0, 0.05) is 18.8 Å². The maximum absolute atomic E-state index is 5.74. The number of amidine groups is 1. The number of hydrogen-bond acceptors (Lipinski definition) is 2. The first-order chi connectivity index (χ1) is 5.74. The van der Waals surface area contributed by atoms with Crippen LogP contribution in [0.1, 0.15) is 27.2 Å². The summed E-state index contributed by atoms with van der Waals surface area (Å²) >= 11 is 1.68. The zero-order chi connectivity index (χ0) is 9.40. The SMILES string of the molecule is CCCS/C(N)=[NH+]/N(CC)CC. The molecule has 0 rings (SSSR count). The molecule has 0 saturated carbocycles. The van der Waals surface area contributed by atoms with Gasteiger partial charge in [0.05, 0.1) is 0 Å². The minimum atomic E-state index is 0.806. The number of nitrogens with zero attached hydrogens (tertiary/aromatic N) is 1. The maximum Gasteiger partial charge on any atom is 0.325 e. The van der Waals surface area contributed by atoms with Crippen molar-refractivity contribution in [3.05, 3.63) is 0 Å². The fraction of sp³-hybridized carbons (Fsp3) is 0.875. The lowest BCUT2D eigenvalue weighted by Gasteiger charge is -2.11. The number of rotatable bonds is 5. The van der Waals surface area contributed by atoms with Gasteiger partial charge in [0.2, 0.25) is 0 Å². The van der Waals surface area contributed by atoms with E-state index in [0.717, 1.165) is 30.4 Å². The van der Waals surface area contributed by atoms with Crippen LogP contribution in [0.2, 0.25) is 0 Å². The summed E-state index contributed by atoms with van der Waals surface area (Å²) in [5, 5.41) is 6.03. The van der Waals surface area contributed by atoms with E-state index in [2.05, 4.69) is 30.9 Å². The number of hydrogen-bond donors (Lipinski definition) is 2. The third-order valence-electron chi connectivity index (χ3n) is 1.49. The van der Waals surface area contributed by atoms with Crippen molar-refractivity contribution >= 4 is 16.9 Å². The Morgan fingerprint density at radius 2 is 1.92 bits per heavy atom. The van der Waals surface area contributed by atoms with Gasteiger partial charge in [-0.15, -0.1) is 0 Å². The van der Waals surface area contributed by atoms with Gasteiger partial charge in [0.1, 0.15) is 0 Å². The van der Waals surface area contributed by atoms with Crippen LogP contribution in [0.3, 0.4) is 0 Å². The summed E-state index contributed by atoms with van der Waals surface area (Å²) in [5.41, 5.74) is 5.74. The molecule has 0 aliphatic heterocycles. The van der Waals surface area contributed by atoms with E-state index in [-0.39, 0.29) is 0 Å². The van der Waals surface area contributed by atoms with Gasteiger partial charge in [-0.1, -0.05) is 6.92 Å². The summed E-state index contributed by atoms with van der Waals surface area (Å²) in [6, 6.07) is 0. The summed E-state index contributed by atoms with van der Waals surface area (Å²) in [6.45, 7) is 8.31. The Kier molecular flexibility index (Phi) is 7.05. The van der Waals surface area contributed by atoms with Crippen LogP contribution in [0.25, 0.3) is 0 Å². The Bertz CT molecular complexity index is 132. The van der Waals surface area contributed by atoms with Crippen molar-refractivity contribution in [3.8, 4) is 0 Å². The van der Waals surface area contributed by atoms with Crippen molar-refractivity contribution in [2.45, 2.75) is 27.2 Å². The molecule has 72 valence electrons. The average molecular weight is 190 g/mol. The Morgan fingerprint density at radius 1 is 1.33 bits per heavy atom. The van der Waals surface area contributed by atoms with Gasteiger partial charge in [-0.05, 0) is 32.0 Å². The van der Waals surface area contributed by atoms with Crippen molar-refractivity contribution in [1.82, 2.24) is 5.01 Å². The van der Waals surface area contributed by atoms with Gasteiger partial charge >= 0.3 is 5.17 Å². The number of hydrazine groups is 1. The molecule has 0 saturated heterocycles. The molecule has 0 bridgehead atoms. The van der Waals surface area contributed by atoms with E-state index in [1.54, 1.807) is 11.8 Å². The predicted octanol–water partition coefficient (Wildman–Crippen LogP) is -0.218. The second-order valence-corrected chi connectivity index (χ2v) is 3.63. The molecular formula is C8H20N3S+. The zero-order valence-electron chi connectivity index (χ0n) is 8.26. The van der Waals surface area contributed by atoms with Gasteiger partial charge in [0.15, 0.2) is 0 Å². The van der Waals surface area contributed by atoms with Gasteiger partial charge in [-0.3, -0.25) is 10.7 Å². The Hall–Kier alpha value is -0.380. The first kappa shape index (κ1) is 11.6. The second-order valence-electron chi connectivity index (χ2n) is 2.50. The summed E-state index contributed by atoms with van der Waals surface area (Å²) in [7, 11) is 0. The molecule has 0 amide bonds. The van der Waals surface area contributed by atoms with Crippen molar-refractivity contribution in [1.29, 1.82) is 0 Å². The minimum Gasteiger partial charge on any atom is -0.280 e. The number of nitrogens with one attached hydrogen (secondary N) is 1. The number of nitrogens with two attached hydrogens (primary N) is 1. The van der Waals surface area contributed by atoms with Crippen LogP contribution in [-0.4, -0.2) is 29.0 Å². The summed E-state index contributed by atoms with van der Waals surface area (Å²) in [4.78, 5) is 0. The van der Waals surface area contributed by atoms with Crippen LogP contribution in [-0.2, 0) is 0 Å². The van der Waals surface area contributed by atoms with Gasteiger partial charge < -0.3 is 0 Å². The Labute approximate surface area is 79.4 Å². The van der Waals surface area contributed by atoms with Crippen LogP contribution in [0.4, 0.5) is 0 Å². The summed E-state index contributed by atoms with van der Waals surface area (Å²) in [6.07, 6.45) is 1.16. The lowest BCUT2D eigenvalue weighted by molar-refractivity contribution is -0.642. The molecule has 0 aliphatic carbocycles. The standard InChI is InChI=1S/C8H19N3S/c1-4-7-12-8(9)10-11(5-2)6-3/h4-7H2,1-3H3,(H2,9,10)/p+1. The van der Waals surface area contributed by atoms with Crippen molar-refractivity contribution in [3.63, 3.8) is 0 Å². The highest BCUT2D eigenvalue weighted by atomic mass is 32.2.